The second-order valence-electron chi connectivity index (χ2n) is 7.22. The van der Waals surface area contributed by atoms with E-state index in [1.807, 2.05) is 0 Å². The number of hydrogen-bond donors (Lipinski definition) is 0. The summed E-state index contributed by atoms with van der Waals surface area (Å²) in [6.07, 6.45) is 7.68. The van der Waals surface area contributed by atoms with Gasteiger partial charge in [0.1, 0.15) is 0 Å². The van der Waals surface area contributed by atoms with Gasteiger partial charge in [-0.25, -0.2) is 0 Å². The number of hydrogen-bond acceptors (Lipinski definition) is 6. The Hall–Kier alpha value is -2.37. The minimum absolute atomic E-state index is 0.0724. The van der Waals surface area contributed by atoms with Crippen LogP contribution in [0.4, 0.5) is 0 Å². The van der Waals surface area contributed by atoms with E-state index in [2.05, 4.69) is 6.92 Å². The van der Waals surface area contributed by atoms with E-state index in [9.17, 15) is 14.4 Å². The van der Waals surface area contributed by atoms with E-state index in [1.54, 1.807) is 18.2 Å². The molecule has 0 amide bonds. The van der Waals surface area contributed by atoms with Crippen molar-refractivity contribution in [3.63, 3.8) is 0 Å². The number of ether oxygens (including phenoxy) is 3. The topological polar surface area (TPSA) is 78.9 Å². The van der Waals surface area contributed by atoms with Gasteiger partial charge in [0.05, 0.1) is 7.11 Å². The monoisotopic (exact) mass is 406 g/mol. The summed E-state index contributed by atoms with van der Waals surface area (Å²) in [7, 11) is 1.47. The average molecular weight is 407 g/mol. The van der Waals surface area contributed by atoms with E-state index < -0.39 is 18.0 Å². The van der Waals surface area contributed by atoms with E-state index in [0.717, 1.165) is 24.8 Å². The molecule has 0 radical (unpaired) electrons. The zero-order valence-corrected chi connectivity index (χ0v) is 18.1. The lowest BCUT2D eigenvalue weighted by Gasteiger charge is -2.17. The summed E-state index contributed by atoms with van der Waals surface area (Å²) in [5.41, 5.74) is 0.761. The van der Waals surface area contributed by atoms with Gasteiger partial charge in [0.15, 0.2) is 23.4 Å². The summed E-state index contributed by atoms with van der Waals surface area (Å²) >= 11 is 0. The van der Waals surface area contributed by atoms with E-state index in [-0.39, 0.29) is 12.2 Å². The maximum Gasteiger partial charge on any atom is 0.308 e. The van der Waals surface area contributed by atoms with Crippen LogP contribution in [0.5, 0.6) is 11.5 Å². The first-order chi connectivity index (χ1) is 13.9. The molecule has 1 atom stereocenters. The third-order valence-corrected chi connectivity index (χ3v) is 4.60. The molecule has 6 heteroatoms. The number of carbonyl (C=O) groups excluding carboxylic acids is 3. The number of benzene rings is 1. The van der Waals surface area contributed by atoms with Crippen LogP contribution in [-0.4, -0.2) is 30.9 Å². The third-order valence-electron chi connectivity index (χ3n) is 4.60. The van der Waals surface area contributed by atoms with Crippen LogP contribution < -0.4 is 9.47 Å². The lowest BCUT2D eigenvalue weighted by molar-refractivity contribution is -0.153. The van der Waals surface area contributed by atoms with Gasteiger partial charge in [0.2, 0.25) is 0 Å². The van der Waals surface area contributed by atoms with Crippen molar-refractivity contribution in [1.29, 1.82) is 0 Å². The van der Waals surface area contributed by atoms with Gasteiger partial charge in [-0.1, -0.05) is 51.5 Å². The fraction of sp³-hybridized carbons (Fsp3) is 0.609. The number of esters is 2. The van der Waals surface area contributed by atoms with Crippen molar-refractivity contribution in [3.05, 3.63) is 23.8 Å². The number of ketones is 1. The fourth-order valence-electron chi connectivity index (χ4n) is 3.13. The van der Waals surface area contributed by atoms with Crippen molar-refractivity contribution in [1.82, 2.24) is 0 Å². The molecule has 1 rings (SSSR count). The zero-order chi connectivity index (χ0) is 21.6. The van der Waals surface area contributed by atoms with Gasteiger partial charge in [-0.15, -0.1) is 0 Å². The third kappa shape index (κ3) is 10.1. The highest BCUT2D eigenvalue weighted by atomic mass is 16.6. The van der Waals surface area contributed by atoms with E-state index in [4.69, 9.17) is 14.2 Å². The van der Waals surface area contributed by atoms with Crippen molar-refractivity contribution in [3.8, 4) is 11.5 Å². The van der Waals surface area contributed by atoms with Gasteiger partial charge >= 0.3 is 11.9 Å². The Kier molecular flexibility index (Phi) is 11.7. The lowest BCUT2D eigenvalue weighted by Crippen LogP contribution is -2.28. The molecule has 0 fully saturated rings. The second-order valence-corrected chi connectivity index (χ2v) is 7.22. The van der Waals surface area contributed by atoms with Gasteiger partial charge in [-0.05, 0) is 24.1 Å². The first kappa shape index (κ1) is 24.7. The van der Waals surface area contributed by atoms with E-state index in [1.165, 1.54) is 46.6 Å². The molecule has 162 valence electrons. The molecular formula is C23H34O6. The first-order valence-electron chi connectivity index (χ1n) is 10.4. The quantitative estimate of drug-likeness (QED) is 0.251. The number of carbonyl (C=O) groups is 3. The molecule has 0 aliphatic carbocycles. The molecule has 0 N–H and O–H groups in total. The SMILES string of the molecule is CCCCCCCCCC(=O)C(Cc1ccc(OC(C)=O)c(OC)c1)OC(C)=O. The van der Waals surface area contributed by atoms with Gasteiger partial charge in [-0.3, -0.25) is 14.4 Å². The average Bonchev–Trinajstić information content (AvgIpc) is 2.67. The van der Waals surface area contributed by atoms with Gasteiger partial charge in [0, 0.05) is 26.7 Å². The molecule has 0 saturated carbocycles. The molecule has 1 aromatic rings. The van der Waals surface area contributed by atoms with Crippen LogP contribution in [0.15, 0.2) is 18.2 Å². The highest BCUT2D eigenvalue weighted by Gasteiger charge is 2.22. The standard InChI is InChI=1S/C23H34O6/c1-5-6-7-8-9-10-11-12-20(26)22(29-18(3)25)15-19-13-14-21(28-17(2)24)23(16-19)27-4/h13-14,16,22H,5-12,15H2,1-4H3. The van der Waals surface area contributed by atoms with E-state index >= 15 is 0 Å². The van der Waals surface area contributed by atoms with Crippen molar-refractivity contribution in [2.75, 3.05) is 7.11 Å². The Labute approximate surface area is 173 Å². The number of unbranched alkanes of at least 4 members (excludes halogenated alkanes) is 6. The summed E-state index contributed by atoms with van der Waals surface area (Å²) in [6, 6.07) is 5.04. The minimum Gasteiger partial charge on any atom is -0.493 e. The van der Waals surface area contributed by atoms with Crippen LogP contribution in [0.1, 0.15) is 77.7 Å². The van der Waals surface area contributed by atoms with Crippen LogP contribution in [0.25, 0.3) is 0 Å². The molecule has 0 bridgehead atoms. The molecule has 6 nitrogen and oxygen atoms in total. The number of Topliss-reactive ketones (excluding diaryl/α,β-unsaturated/α-hetero) is 1. The summed E-state index contributed by atoms with van der Waals surface area (Å²) in [5, 5.41) is 0. The fourth-order valence-corrected chi connectivity index (χ4v) is 3.13. The minimum atomic E-state index is -0.822. The molecule has 0 heterocycles. The highest BCUT2D eigenvalue weighted by Crippen LogP contribution is 2.29. The Morgan fingerprint density at radius 1 is 0.897 bits per heavy atom. The molecule has 0 aliphatic heterocycles. The number of rotatable bonds is 14. The predicted octanol–water partition coefficient (Wildman–Crippen LogP) is 4.80. The molecule has 0 aromatic heterocycles. The van der Waals surface area contributed by atoms with E-state index in [0.29, 0.717) is 17.9 Å². The van der Waals surface area contributed by atoms with Crippen molar-refractivity contribution in [2.45, 2.75) is 84.7 Å². The van der Waals surface area contributed by atoms with Crippen LogP contribution in [0.2, 0.25) is 0 Å². The Bertz CT molecular complexity index is 667. The molecule has 0 saturated heterocycles. The normalized spacial score (nSPS) is 11.6. The van der Waals surface area contributed by atoms with Crippen molar-refractivity contribution < 1.29 is 28.6 Å². The predicted molar refractivity (Wildman–Crippen MR) is 111 cm³/mol. The van der Waals surface area contributed by atoms with Crippen molar-refractivity contribution in [2.24, 2.45) is 0 Å². The smallest absolute Gasteiger partial charge is 0.308 e. The zero-order valence-electron chi connectivity index (χ0n) is 18.1. The van der Waals surface area contributed by atoms with Crippen molar-refractivity contribution >= 4 is 17.7 Å². The van der Waals surface area contributed by atoms with Gasteiger partial charge in [0.25, 0.3) is 0 Å². The Balaban J connectivity index is 2.67. The maximum atomic E-state index is 12.6. The molecule has 1 unspecified atom stereocenters. The van der Waals surface area contributed by atoms with Crippen LogP contribution in [0, 0.1) is 0 Å². The van der Waals surface area contributed by atoms with Crippen LogP contribution in [-0.2, 0) is 25.5 Å². The molecule has 1 aromatic carbocycles. The summed E-state index contributed by atoms with van der Waals surface area (Å²) < 4.78 is 15.6. The van der Waals surface area contributed by atoms with Crippen LogP contribution >= 0.6 is 0 Å². The lowest BCUT2D eigenvalue weighted by atomic mass is 9.99. The molecule has 0 aliphatic rings. The summed E-state index contributed by atoms with van der Waals surface area (Å²) in [4.78, 5) is 35.2. The Morgan fingerprint density at radius 3 is 2.14 bits per heavy atom. The molecule has 0 spiro atoms. The first-order valence-corrected chi connectivity index (χ1v) is 10.4. The highest BCUT2D eigenvalue weighted by molar-refractivity contribution is 5.85. The number of methoxy groups -OCH3 is 1. The molecular weight excluding hydrogens is 372 g/mol. The summed E-state index contributed by atoms with van der Waals surface area (Å²) in [6.45, 7) is 4.80. The van der Waals surface area contributed by atoms with Crippen LogP contribution in [0.3, 0.4) is 0 Å². The Morgan fingerprint density at radius 2 is 1.55 bits per heavy atom. The maximum absolute atomic E-state index is 12.6. The van der Waals surface area contributed by atoms with Gasteiger partial charge < -0.3 is 14.2 Å². The second kappa shape index (κ2) is 13.7. The summed E-state index contributed by atoms with van der Waals surface area (Å²) in [5.74, 6) is -0.303. The molecule has 29 heavy (non-hydrogen) atoms. The van der Waals surface area contributed by atoms with Gasteiger partial charge in [-0.2, -0.15) is 0 Å². The largest absolute Gasteiger partial charge is 0.493 e.